The van der Waals surface area contributed by atoms with Gasteiger partial charge in [-0.25, -0.2) is 9.18 Å². The van der Waals surface area contributed by atoms with Crippen LogP contribution in [0, 0.1) is 22.9 Å². The number of esters is 1. The molecule has 0 bridgehead atoms. The minimum Gasteiger partial charge on any atom is -0.479 e. The Balaban J connectivity index is 1.84. The van der Waals surface area contributed by atoms with Crippen LogP contribution in [-0.2, 0) is 14.3 Å². The lowest BCUT2D eigenvalue weighted by Gasteiger charge is -2.10. The standard InChI is InChI=1S/C17H14BrFN2O6/c1-10-13(3-2-4-14(10)21(24)25)20-16(22)8-27-17(23)9-26-15-6-5-11(18)7-12(15)19/h2-7H,8-9H2,1H3,(H,20,22). The highest BCUT2D eigenvalue weighted by Gasteiger charge is 2.16. The molecule has 2 rings (SSSR count). The molecule has 0 fully saturated rings. The van der Waals surface area contributed by atoms with Crippen molar-refractivity contribution in [2.45, 2.75) is 6.92 Å². The van der Waals surface area contributed by atoms with Gasteiger partial charge in [0, 0.05) is 10.5 Å². The van der Waals surface area contributed by atoms with Crippen LogP contribution in [0.25, 0.3) is 0 Å². The molecule has 8 nitrogen and oxygen atoms in total. The lowest BCUT2D eigenvalue weighted by Crippen LogP contribution is -2.24. The summed E-state index contributed by atoms with van der Waals surface area (Å²) in [5.41, 5.74) is 0.365. The molecule has 0 aliphatic carbocycles. The zero-order valence-electron chi connectivity index (χ0n) is 14.0. The first-order chi connectivity index (χ1) is 12.8. The minimum atomic E-state index is -0.872. The summed E-state index contributed by atoms with van der Waals surface area (Å²) in [5, 5.41) is 13.3. The maximum atomic E-state index is 13.6. The van der Waals surface area contributed by atoms with Crippen LogP contribution in [0.3, 0.4) is 0 Å². The van der Waals surface area contributed by atoms with Crippen LogP contribution >= 0.6 is 15.9 Å². The number of nitro groups is 1. The monoisotopic (exact) mass is 440 g/mol. The Labute approximate surface area is 161 Å². The number of nitrogens with zero attached hydrogens (tertiary/aromatic N) is 1. The van der Waals surface area contributed by atoms with E-state index < -0.39 is 35.8 Å². The smallest absolute Gasteiger partial charge is 0.344 e. The van der Waals surface area contributed by atoms with Gasteiger partial charge >= 0.3 is 5.97 Å². The predicted molar refractivity (Wildman–Crippen MR) is 97.0 cm³/mol. The Hall–Kier alpha value is -3.01. The molecule has 1 amide bonds. The summed E-state index contributed by atoms with van der Waals surface area (Å²) in [5.74, 6) is -2.34. The van der Waals surface area contributed by atoms with Crippen molar-refractivity contribution in [2.24, 2.45) is 0 Å². The molecule has 0 aliphatic rings. The van der Waals surface area contributed by atoms with Crippen molar-refractivity contribution < 1.29 is 28.4 Å². The van der Waals surface area contributed by atoms with E-state index in [0.717, 1.165) is 0 Å². The van der Waals surface area contributed by atoms with E-state index in [4.69, 9.17) is 9.47 Å². The van der Waals surface area contributed by atoms with E-state index in [1.54, 1.807) is 6.07 Å². The Morgan fingerprint density at radius 3 is 2.67 bits per heavy atom. The summed E-state index contributed by atoms with van der Waals surface area (Å²) in [4.78, 5) is 33.8. The van der Waals surface area contributed by atoms with E-state index in [9.17, 15) is 24.1 Å². The third kappa shape index (κ3) is 5.74. The van der Waals surface area contributed by atoms with Crippen molar-refractivity contribution in [3.8, 4) is 5.75 Å². The Morgan fingerprint density at radius 1 is 1.26 bits per heavy atom. The van der Waals surface area contributed by atoms with E-state index in [-0.39, 0.29) is 22.7 Å². The molecule has 0 radical (unpaired) electrons. The first kappa shape index (κ1) is 20.3. The van der Waals surface area contributed by atoms with Crippen LogP contribution < -0.4 is 10.1 Å². The van der Waals surface area contributed by atoms with Crippen molar-refractivity contribution in [1.29, 1.82) is 0 Å². The minimum absolute atomic E-state index is 0.133. The summed E-state index contributed by atoms with van der Waals surface area (Å²) in [6, 6.07) is 8.27. The summed E-state index contributed by atoms with van der Waals surface area (Å²) in [6.45, 7) is 0.287. The summed E-state index contributed by atoms with van der Waals surface area (Å²) in [6.07, 6.45) is 0. The predicted octanol–water partition coefficient (Wildman–Crippen LogP) is 3.37. The molecule has 0 atom stereocenters. The second-order valence-corrected chi connectivity index (χ2v) is 6.19. The van der Waals surface area contributed by atoms with Crippen molar-refractivity contribution in [2.75, 3.05) is 18.5 Å². The first-order valence-electron chi connectivity index (χ1n) is 7.55. The highest BCUT2D eigenvalue weighted by molar-refractivity contribution is 9.10. The second-order valence-electron chi connectivity index (χ2n) is 5.28. The zero-order chi connectivity index (χ0) is 20.0. The molecule has 0 heterocycles. The molecule has 0 aromatic heterocycles. The summed E-state index contributed by atoms with van der Waals surface area (Å²) in [7, 11) is 0. The molecule has 10 heteroatoms. The van der Waals surface area contributed by atoms with Gasteiger partial charge in [0.15, 0.2) is 24.8 Å². The van der Waals surface area contributed by atoms with Crippen molar-refractivity contribution in [3.63, 3.8) is 0 Å². The average molecular weight is 441 g/mol. The average Bonchev–Trinajstić information content (AvgIpc) is 2.60. The van der Waals surface area contributed by atoms with Gasteiger partial charge in [0.05, 0.1) is 16.2 Å². The second kappa shape index (κ2) is 9.08. The lowest BCUT2D eigenvalue weighted by molar-refractivity contribution is -0.385. The highest BCUT2D eigenvalue weighted by Crippen LogP contribution is 2.25. The molecule has 27 heavy (non-hydrogen) atoms. The van der Waals surface area contributed by atoms with E-state index in [2.05, 4.69) is 21.2 Å². The number of halogens is 2. The Bertz CT molecular complexity index is 890. The number of carbonyl (C=O) groups is 2. The summed E-state index contributed by atoms with van der Waals surface area (Å²) >= 11 is 3.09. The molecule has 0 aliphatic heterocycles. The fourth-order valence-electron chi connectivity index (χ4n) is 2.06. The number of carbonyl (C=O) groups excluding carboxylic acids is 2. The number of benzene rings is 2. The Morgan fingerprint density at radius 2 is 2.00 bits per heavy atom. The number of amides is 1. The van der Waals surface area contributed by atoms with Crippen LogP contribution in [0.4, 0.5) is 15.8 Å². The molecule has 2 aromatic carbocycles. The number of hydrogen-bond acceptors (Lipinski definition) is 6. The normalized spacial score (nSPS) is 10.2. The molecular formula is C17H14BrFN2O6. The SMILES string of the molecule is Cc1c(NC(=O)COC(=O)COc2ccc(Br)cc2F)cccc1[N+](=O)[O-]. The van der Waals surface area contributed by atoms with Gasteiger partial charge in [0.1, 0.15) is 0 Å². The summed E-state index contributed by atoms with van der Waals surface area (Å²) < 4.78 is 23.8. The third-order valence-electron chi connectivity index (χ3n) is 3.38. The van der Waals surface area contributed by atoms with Crippen molar-refractivity contribution in [1.82, 2.24) is 0 Å². The van der Waals surface area contributed by atoms with Crippen molar-refractivity contribution >= 4 is 39.2 Å². The van der Waals surface area contributed by atoms with Crippen LogP contribution in [0.5, 0.6) is 5.75 Å². The van der Waals surface area contributed by atoms with Gasteiger partial charge in [0.2, 0.25) is 0 Å². The number of hydrogen-bond donors (Lipinski definition) is 1. The van der Waals surface area contributed by atoms with Gasteiger partial charge in [-0.2, -0.15) is 0 Å². The number of ether oxygens (including phenoxy) is 2. The molecule has 142 valence electrons. The van der Waals surface area contributed by atoms with Gasteiger partial charge in [-0.05, 0) is 31.2 Å². The quantitative estimate of drug-likeness (QED) is 0.401. The molecule has 0 saturated carbocycles. The zero-order valence-corrected chi connectivity index (χ0v) is 15.6. The van der Waals surface area contributed by atoms with E-state index in [0.29, 0.717) is 4.47 Å². The van der Waals surface area contributed by atoms with Gasteiger partial charge in [-0.3, -0.25) is 14.9 Å². The van der Waals surface area contributed by atoms with Gasteiger partial charge in [-0.1, -0.05) is 22.0 Å². The van der Waals surface area contributed by atoms with Crippen LogP contribution in [-0.4, -0.2) is 30.0 Å². The fourth-order valence-corrected chi connectivity index (χ4v) is 2.39. The van der Waals surface area contributed by atoms with Gasteiger partial charge < -0.3 is 14.8 Å². The van der Waals surface area contributed by atoms with Gasteiger partial charge in [0.25, 0.3) is 11.6 Å². The molecule has 0 unspecified atom stereocenters. The molecule has 2 aromatic rings. The molecule has 0 saturated heterocycles. The van der Waals surface area contributed by atoms with E-state index >= 15 is 0 Å². The highest BCUT2D eigenvalue weighted by atomic mass is 79.9. The first-order valence-corrected chi connectivity index (χ1v) is 8.34. The number of nitrogens with one attached hydrogen (secondary N) is 1. The maximum Gasteiger partial charge on any atom is 0.344 e. The van der Waals surface area contributed by atoms with Crippen LogP contribution in [0.1, 0.15) is 5.56 Å². The lowest BCUT2D eigenvalue weighted by atomic mass is 10.1. The largest absolute Gasteiger partial charge is 0.479 e. The van der Waals surface area contributed by atoms with Crippen molar-refractivity contribution in [3.05, 3.63) is 62.4 Å². The molecular weight excluding hydrogens is 427 g/mol. The molecule has 0 spiro atoms. The third-order valence-corrected chi connectivity index (χ3v) is 3.87. The number of nitro benzene ring substituents is 1. The number of anilines is 1. The Kier molecular flexibility index (Phi) is 6.83. The van der Waals surface area contributed by atoms with Crippen LogP contribution in [0.2, 0.25) is 0 Å². The fraction of sp³-hybridized carbons (Fsp3) is 0.176. The van der Waals surface area contributed by atoms with Crippen LogP contribution in [0.15, 0.2) is 40.9 Å². The number of rotatable bonds is 7. The topological polar surface area (TPSA) is 108 Å². The van der Waals surface area contributed by atoms with E-state index in [1.807, 2.05) is 0 Å². The van der Waals surface area contributed by atoms with E-state index in [1.165, 1.54) is 37.3 Å². The maximum absolute atomic E-state index is 13.6. The molecule has 1 N–H and O–H groups in total. The van der Waals surface area contributed by atoms with Gasteiger partial charge in [-0.15, -0.1) is 0 Å².